The number of hydrogen-bond acceptors (Lipinski definition) is 5. The summed E-state index contributed by atoms with van der Waals surface area (Å²) in [6, 6.07) is 27.4. The normalized spacial score (nSPS) is 11.0. The Hall–Kier alpha value is -4.91. The van der Waals surface area contributed by atoms with Gasteiger partial charge in [-0.25, -0.2) is 4.98 Å². The number of rotatable bonds is 10. The lowest BCUT2D eigenvalue weighted by molar-refractivity contribution is -0.112. The van der Waals surface area contributed by atoms with E-state index in [2.05, 4.69) is 53.3 Å². The Morgan fingerprint density at radius 1 is 0.810 bits per heavy atom. The molecule has 0 unspecified atom stereocenters. The van der Waals surface area contributed by atoms with E-state index in [1.807, 2.05) is 97.2 Å². The van der Waals surface area contributed by atoms with Gasteiger partial charge in [0.2, 0.25) is 0 Å². The van der Waals surface area contributed by atoms with Crippen molar-refractivity contribution >= 4 is 34.4 Å². The number of Topliss-reactive ketones (excluding diaryl/α,β-unsaturated/α-hetero) is 1. The first kappa shape index (κ1) is 28.6. The van der Waals surface area contributed by atoms with Crippen LogP contribution in [0.2, 0.25) is 0 Å². The molecular formula is C35H37N5O2. The van der Waals surface area contributed by atoms with Crippen LogP contribution in [0.15, 0.2) is 91.1 Å². The molecule has 0 radical (unpaired) electrons. The summed E-state index contributed by atoms with van der Waals surface area (Å²) in [5.74, 6) is -0.259. The molecule has 7 nitrogen and oxygen atoms in total. The summed E-state index contributed by atoms with van der Waals surface area (Å²) in [4.78, 5) is 35.8. The van der Waals surface area contributed by atoms with Crippen LogP contribution in [0.3, 0.4) is 0 Å². The third-order valence-corrected chi connectivity index (χ3v) is 7.45. The zero-order valence-corrected chi connectivity index (χ0v) is 24.9. The Balaban J connectivity index is 1.24. The van der Waals surface area contributed by atoms with E-state index in [-0.39, 0.29) is 0 Å². The number of aryl methyl sites for hydroxylation is 3. The van der Waals surface area contributed by atoms with Crippen molar-refractivity contribution in [2.24, 2.45) is 0 Å². The number of aromatic nitrogens is 2. The zero-order chi connectivity index (χ0) is 29.8. The van der Waals surface area contributed by atoms with Crippen LogP contribution < -0.4 is 15.1 Å². The first-order chi connectivity index (χ1) is 20.2. The van der Waals surface area contributed by atoms with Gasteiger partial charge in [-0.3, -0.25) is 9.59 Å². The fraction of sp³-hybridized carbons (Fsp3) is 0.229. The topological polar surface area (TPSA) is 70.0 Å². The highest BCUT2D eigenvalue weighted by Gasteiger charge is 2.25. The number of hydrogen-bond donors (Lipinski definition) is 1. The Morgan fingerprint density at radius 2 is 1.52 bits per heavy atom. The van der Waals surface area contributed by atoms with Gasteiger partial charge in [-0.1, -0.05) is 36.4 Å². The first-order valence-electron chi connectivity index (χ1n) is 14.2. The van der Waals surface area contributed by atoms with Gasteiger partial charge in [0, 0.05) is 61.5 Å². The van der Waals surface area contributed by atoms with E-state index < -0.39 is 11.7 Å². The summed E-state index contributed by atoms with van der Waals surface area (Å²) in [5, 5.41) is 2.81. The Morgan fingerprint density at radius 3 is 2.24 bits per heavy atom. The van der Waals surface area contributed by atoms with Gasteiger partial charge in [0.1, 0.15) is 11.5 Å². The monoisotopic (exact) mass is 559 g/mol. The smallest absolute Gasteiger partial charge is 0.298 e. The molecule has 0 aliphatic carbocycles. The van der Waals surface area contributed by atoms with Crippen LogP contribution in [0.25, 0.3) is 16.6 Å². The number of fused-ring (bicyclic) bond motifs is 1. The molecule has 0 aliphatic heterocycles. The highest BCUT2D eigenvalue weighted by molar-refractivity contribution is 6.47. The lowest BCUT2D eigenvalue weighted by Crippen LogP contribution is -2.26. The Labute approximate surface area is 247 Å². The number of carbonyl (C=O) groups is 2. The van der Waals surface area contributed by atoms with Crippen molar-refractivity contribution in [3.05, 3.63) is 114 Å². The fourth-order valence-electron chi connectivity index (χ4n) is 5.24. The van der Waals surface area contributed by atoms with Crippen LogP contribution in [0.4, 0.5) is 17.2 Å². The maximum Gasteiger partial charge on any atom is 0.298 e. The quantitative estimate of drug-likeness (QED) is 0.152. The molecule has 1 amide bonds. The van der Waals surface area contributed by atoms with Crippen molar-refractivity contribution in [2.45, 2.75) is 27.2 Å². The second-order valence-corrected chi connectivity index (χ2v) is 10.9. The SMILES string of the molecule is Cc1cc(C)nc(N(C)CCCN(C)c2ccc(NC(=O)C(=O)c3c(-c4ccccc4)cc4ccc(C)cn34)cc2)c1. The predicted octanol–water partition coefficient (Wildman–Crippen LogP) is 6.71. The second kappa shape index (κ2) is 12.3. The Bertz CT molecular complexity index is 1700. The van der Waals surface area contributed by atoms with Gasteiger partial charge in [-0.05, 0) is 92.4 Å². The maximum absolute atomic E-state index is 13.6. The van der Waals surface area contributed by atoms with Crippen LogP contribution in [0.5, 0.6) is 0 Å². The average Bonchev–Trinajstić information content (AvgIpc) is 3.35. The Kier molecular flexibility index (Phi) is 8.38. The number of amides is 1. The van der Waals surface area contributed by atoms with E-state index >= 15 is 0 Å². The molecular weight excluding hydrogens is 522 g/mol. The molecule has 3 aromatic heterocycles. The fourth-order valence-corrected chi connectivity index (χ4v) is 5.24. The predicted molar refractivity (Wildman–Crippen MR) is 172 cm³/mol. The second-order valence-electron chi connectivity index (χ2n) is 10.9. The van der Waals surface area contributed by atoms with E-state index in [1.165, 1.54) is 5.56 Å². The largest absolute Gasteiger partial charge is 0.375 e. The third kappa shape index (κ3) is 6.36. The summed E-state index contributed by atoms with van der Waals surface area (Å²) in [7, 11) is 4.12. The molecule has 1 N–H and O–H groups in total. The summed E-state index contributed by atoms with van der Waals surface area (Å²) in [6.07, 6.45) is 2.85. The summed E-state index contributed by atoms with van der Waals surface area (Å²) in [6.45, 7) is 7.82. The van der Waals surface area contributed by atoms with Crippen molar-refractivity contribution in [1.29, 1.82) is 0 Å². The third-order valence-electron chi connectivity index (χ3n) is 7.45. The van der Waals surface area contributed by atoms with Crippen molar-refractivity contribution in [1.82, 2.24) is 9.38 Å². The van der Waals surface area contributed by atoms with Gasteiger partial charge in [0.15, 0.2) is 0 Å². The standard InChI is InChI=1S/C35H37N5O2/c1-24-12-15-30-22-31(27-10-7-6-8-11-27)33(40(30)23-24)34(41)35(42)37-28-13-16-29(17-14-28)38(4)18-9-19-39(5)32-21-25(2)20-26(3)36-32/h6-8,10-17,20-23H,9,18-19H2,1-5H3,(H,37,42). The van der Waals surface area contributed by atoms with Crippen LogP contribution in [-0.2, 0) is 4.79 Å². The molecule has 0 aliphatic rings. The van der Waals surface area contributed by atoms with E-state index in [0.717, 1.165) is 58.9 Å². The number of benzene rings is 2. The minimum absolute atomic E-state index is 0.356. The number of carbonyl (C=O) groups excluding carboxylic acids is 2. The van der Waals surface area contributed by atoms with E-state index in [0.29, 0.717) is 11.4 Å². The molecule has 7 heteroatoms. The minimum atomic E-state index is -0.669. The summed E-state index contributed by atoms with van der Waals surface area (Å²) >= 11 is 0. The van der Waals surface area contributed by atoms with Crippen molar-refractivity contribution < 1.29 is 9.59 Å². The molecule has 5 rings (SSSR count). The van der Waals surface area contributed by atoms with Crippen molar-refractivity contribution in [3.8, 4) is 11.1 Å². The van der Waals surface area contributed by atoms with Crippen LogP contribution in [0, 0.1) is 20.8 Å². The van der Waals surface area contributed by atoms with Crippen LogP contribution in [0.1, 0.15) is 33.7 Å². The molecule has 0 fully saturated rings. The van der Waals surface area contributed by atoms with Gasteiger partial charge in [0.25, 0.3) is 11.7 Å². The van der Waals surface area contributed by atoms with E-state index in [1.54, 1.807) is 0 Å². The number of pyridine rings is 2. The molecule has 42 heavy (non-hydrogen) atoms. The van der Waals surface area contributed by atoms with Crippen molar-refractivity contribution in [2.75, 3.05) is 42.3 Å². The van der Waals surface area contributed by atoms with E-state index in [9.17, 15) is 9.59 Å². The lowest BCUT2D eigenvalue weighted by Gasteiger charge is -2.23. The molecule has 0 atom stereocenters. The highest BCUT2D eigenvalue weighted by Crippen LogP contribution is 2.29. The first-order valence-corrected chi connectivity index (χ1v) is 14.2. The minimum Gasteiger partial charge on any atom is -0.375 e. The van der Waals surface area contributed by atoms with Crippen LogP contribution >= 0.6 is 0 Å². The van der Waals surface area contributed by atoms with E-state index in [4.69, 9.17) is 0 Å². The highest BCUT2D eigenvalue weighted by atomic mass is 16.2. The molecule has 0 saturated carbocycles. The number of anilines is 3. The average molecular weight is 560 g/mol. The van der Waals surface area contributed by atoms with Gasteiger partial charge in [0.05, 0.1) is 0 Å². The summed E-state index contributed by atoms with van der Waals surface area (Å²) < 4.78 is 1.81. The summed E-state index contributed by atoms with van der Waals surface area (Å²) in [5.41, 5.74) is 7.68. The molecule has 2 aromatic carbocycles. The van der Waals surface area contributed by atoms with Crippen molar-refractivity contribution in [3.63, 3.8) is 0 Å². The van der Waals surface area contributed by atoms with Gasteiger partial charge >= 0.3 is 0 Å². The van der Waals surface area contributed by atoms with Gasteiger partial charge in [-0.15, -0.1) is 0 Å². The number of nitrogens with zero attached hydrogens (tertiary/aromatic N) is 4. The lowest BCUT2D eigenvalue weighted by atomic mass is 10.0. The van der Waals surface area contributed by atoms with Gasteiger partial charge in [-0.2, -0.15) is 0 Å². The zero-order valence-electron chi connectivity index (χ0n) is 24.9. The molecule has 214 valence electrons. The molecule has 0 saturated heterocycles. The van der Waals surface area contributed by atoms with Crippen LogP contribution in [-0.4, -0.2) is 48.3 Å². The molecule has 3 heterocycles. The number of nitrogens with one attached hydrogen (secondary N) is 1. The number of ketones is 1. The maximum atomic E-state index is 13.6. The molecule has 0 bridgehead atoms. The molecule has 0 spiro atoms. The van der Waals surface area contributed by atoms with Gasteiger partial charge < -0.3 is 19.5 Å². The molecule has 5 aromatic rings.